The number of methoxy groups -OCH3 is 1. The van der Waals surface area contributed by atoms with Gasteiger partial charge in [-0.1, -0.05) is 24.3 Å². The smallest absolute Gasteiger partial charge is 0.129 e. The molecule has 1 saturated heterocycles. The van der Waals surface area contributed by atoms with E-state index in [4.69, 9.17) is 4.74 Å². The van der Waals surface area contributed by atoms with Crippen LogP contribution in [0.5, 0.6) is 5.75 Å². The van der Waals surface area contributed by atoms with Gasteiger partial charge >= 0.3 is 0 Å². The summed E-state index contributed by atoms with van der Waals surface area (Å²) in [6.45, 7) is 2.03. The molecule has 2 aromatic rings. The topological polar surface area (TPSA) is 52.9 Å². The maximum Gasteiger partial charge on any atom is 0.129 e. The van der Waals surface area contributed by atoms with Crippen LogP contribution in [0.1, 0.15) is 29.5 Å². The van der Waals surface area contributed by atoms with Crippen LogP contribution in [0.25, 0.3) is 0 Å². The molecule has 1 fully saturated rings. The molecule has 5 heteroatoms. The van der Waals surface area contributed by atoms with E-state index >= 15 is 0 Å². The second-order valence-corrected chi connectivity index (χ2v) is 6.59. The van der Waals surface area contributed by atoms with E-state index in [0.717, 1.165) is 17.7 Å². The SMILES string of the molecule is COc1ccc(CN2CCC(O)(c3ccccc3F)CC2)cc1CO. The average Bonchev–Trinajstić information content (AvgIpc) is 2.64. The van der Waals surface area contributed by atoms with Gasteiger partial charge in [0.15, 0.2) is 0 Å². The fourth-order valence-electron chi connectivity index (χ4n) is 3.50. The molecule has 0 radical (unpaired) electrons. The van der Waals surface area contributed by atoms with Crippen molar-refractivity contribution in [2.24, 2.45) is 0 Å². The Morgan fingerprint density at radius 2 is 1.88 bits per heavy atom. The molecule has 1 aliphatic heterocycles. The minimum absolute atomic E-state index is 0.0654. The quantitative estimate of drug-likeness (QED) is 0.875. The first-order valence-electron chi connectivity index (χ1n) is 8.52. The van der Waals surface area contributed by atoms with E-state index in [1.54, 1.807) is 25.3 Å². The molecule has 0 atom stereocenters. The van der Waals surface area contributed by atoms with Crippen molar-refractivity contribution in [2.45, 2.75) is 31.6 Å². The van der Waals surface area contributed by atoms with Crippen molar-refractivity contribution < 1.29 is 19.3 Å². The van der Waals surface area contributed by atoms with Crippen LogP contribution in [0, 0.1) is 5.82 Å². The van der Waals surface area contributed by atoms with Crippen molar-refractivity contribution in [1.82, 2.24) is 4.90 Å². The van der Waals surface area contributed by atoms with Crippen molar-refractivity contribution in [3.8, 4) is 5.75 Å². The summed E-state index contributed by atoms with van der Waals surface area (Å²) < 4.78 is 19.2. The third kappa shape index (κ3) is 3.84. The Bertz CT molecular complexity index is 727. The lowest BCUT2D eigenvalue weighted by Gasteiger charge is -2.38. The largest absolute Gasteiger partial charge is 0.496 e. The summed E-state index contributed by atoms with van der Waals surface area (Å²) in [7, 11) is 1.59. The molecular formula is C20H24FNO3. The number of piperidine rings is 1. The molecule has 0 amide bonds. The number of likely N-dealkylation sites (tertiary alicyclic amines) is 1. The molecule has 0 bridgehead atoms. The van der Waals surface area contributed by atoms with Gasteiger partial charge in [-0.3, -0.25) is 4.90 Å². The maximum absolute atomic E-state index is 14.0. The summed E-state index contributed by atoms with van der Waals surface area (Å²) in [5, 5.41) is 20.3. The number of hydrogen-bond donors (Lipinski definition) is 2. The Morgan fingerprint density at radius 3 is 2.52 bits per heavy atom. The zero-order valence-corrected chi connectivity index (χ0v) is 14.4. The standard InChI is InChI=1S/C20H24FNO3/c1-25-19-7-6-15(12-16(19)14-23)13-22-10-8-20(24,9-11-22)17-4-2-3-5-18(17)21/h2-7,12,23-24H,8-11,13-14H2,1H3. The number of rotatable bonds is 5. The van der Waals surface area contributed by atoms with Crippen LogP contribution in [0.15, 0.2) is 42.5 Å². The third-order valence-corrected chi connectivity index (χ3v) is 4.98. The lowest BCUT2D eigenvalue weighted by atomic mass is 9.84. The van der Waals surface area contributed by atoms with E-state index in [1.807, 2.05) is 18.2 Å². The Balaban J connectivity index is 1.66. The Hall–Kier alpha value is -1.95. The Morgan fingerprint density at radius 1 is 1.16 bits per heavy atom. The lowest BCUT2D eigenvalue weighted by molar-refractivity contribution is -0.0302. The molecule has 0 saturated carbocycles. The van der Waals surface area contributed by atoms with Gasteiger partial charge in [0.2, 0.25) is 0 Å². The van der Waals surface area contributed by atoms with Crippen molar-refractivity contribution in [3.63, 3.8) is 0 Å². The highest BCUT2D eigenvalue weighted by atomic mass is 19.1. The van der Waals surface area contributed by atoms with Crippen LogP contribution >= 0.6 is 0 Å². The zero-order valence-electron chi connectivity index (χ0n) is 14.4. The van der Waals surface area contributed by atoms with Crippen molar-refractivity contribution in [3.05, 3.63) is 65.0 Å². The summed E-state index contributed by atoms with van der Waals surface area (Å²) in [5.41, 5.74) is 1.14. The van der Waals surface area contributed by atoms with Gasteiger partial charge in [0.1, 0.15) is 11.6 Å². The van der Waals surface area contributed by atoms with E-state index in [0.29, 0.717) is 37.2 Å². The lowest BCUT2D eigenvalue weighted by Crippen LogP contribution is -2.42. The minimum atomic E-state index is -1.10. The first-order valence-corrected chi connectivity index (χ1v) is 8.52. The van der Waals surface area contributed by atoms with Crippen molar-refractivity contribution in [1.29, 1.82) is 0 Å². The van der Waals surface area contributed by atoms with Gasteiger partial charge in [-0.05, 0) is 36.6 Å². The molecule has 134 valence electrons. The zero-order chi connectivity index (χ0) is 17.9. The number of ether oxygens (including phenoxy) is 1. The molecule has 0 unspecified atom stereocenters. The average molecular weight is 345 g/mol. The molecular weight excluding hydrogens is 321 g/mol. The Labute approximate surface area is 147 Å². The highest BCUT2D eigenvalue weighted by molar-refractivity contribution is 5.37. The number of hydrogen-bond acceptors (Lipinski definition) is 4. The summed E-state index contributed by atoms with van der Waals surface area (Å²) >= 11 is 0. The second-order valence-electron chi connectivity index (χ2n) is 6.59. The van der Waals surface area contributed by atoms with Gasteiger partial charge in [0.25, 0.3) is 0 Å². The molecule has 2 N–H and O–H groups in total. The van der Waals surface area contributed by atoms with Crippen LogP contribution in [-0.4, -0.2) is 35.3 Å². The summed E-state index contributed by atoms with van der Waals surface area (Å²) in [6.07, 6.45) is 0.994. The van der Waals surface area contributed by atoms with E-state index in [1.165, 1.54) is 6.07 Å². The van der Waals surface area contributed by atoms with Gasteiger partial charge in [-0.2, -0.15) is 0 Å². The van der Waals surface area contributed by atoms with Crippen LogP contribution < -0.4 is 4.74 Å². The number of nitrogens with zero attached hydrogens (tertiary/aromatic N) is 1. The molecule has 4 nitrogen and oxygen atoms in total. The van der Waals surface area contributed by atoms with Gasteiger partial charge in [-0.25, -0.2) is 4.39 Å². The van der Waals surface area contributed by atoms with Crippen molar-refractivity contribution in [2.75, 3.05) is 20.2 Å². The molecule has 25 heavy (non-hydrogen) atoms. The molecule has 1 aliphatic rings. The minimum Gasteiger partial charge on any atom is -0.496 e. The van der Waals surface area contributed by atoms with E-state index in [9.17, 15) is 14.6 Å². The van der Waals surface area contributed by atoms with Crippen LogP contribution in [-0.2, 0) is 18.8 Å². The molecule has 0 aromatic heterocycles. The summed E-state index contributed by atoms with van der Waals surface area (Å²) in [5.74, 6) is 0.333. The van der Waals surface area contributed by atoms with E-state index in [-0.39, 0.29) is 12.4 Å². The van der Waals surface area contributed by atoms with E-state index < -0.39 is 5.60 Å². The number of benzene rings is 2. The van der Waals surface area contributed by atoms with Gasteiger partial charge < -0.3 is 14.9 Å². The van der Waals surface area contributed by atoms with Crippen LogP contribution in [0.2, 0.25) is 0 Å². The normalized spacial score (nSPS) is 17.4. The van der Waals surface area contributed by atoms with Crippen LogP contribution in [0.3, 0.4) is 0 Å². The molecule has 3 rings (SSSR count). The van der Waals surface area contributed by atoms with Gasteiger partial charge in [-0.15, -0.1) is 0 Å². The predicted octanol–water partition coefficient (Wildman–Crippen LogP) is 2.81. The van der Waals surface area contributed by atoms with Crippen molar-refractivity contribution >= 4 is 0 Å². The number of aliphatic hydroxyl groups is 2. The first kappa shape index (κ1) is 17.9. The number of halogens is 1. The van der Waals surface area contributed by atoms with Gasteiger partial charge in [0.05, 0.1) is 19.3 Å². The van der Waals surface area contributed by atoms with Gasteiger partial charge in [0, 0.05) is 30.8 Å². The monoisotopic (exact) mass is 345 g/mol. The molecule has 0 spiro atoms. The highest BCUT2D eigenvalue weighted by Crippen LogP contribution is 2.34. The molecule has 2 aromatic carbocycles. The fourth-order valence-corrected chi connectivity index (χ4v) is 3.50. The summed E-state index contributed by atoms with van der Waals surface area (Å²) in [6, 6.07) is 12.2. The highest BCUT2D eigenvalue weighted by Gasteiger charge is 2.35. The Kier molecular flexibility index (Phi) is 5.37. The maximum atomic E-state index is 14.0. The van der Waals surface area contributed by atoms with Crippen LogP contribution in [0.4, 0.5) is 4.39 Å². The summed E-state index contributed by atoms with van der Waals surface area (Å²) in [4.78, 5) is 2.23. The predicted molar refractivity (Wildman–Crippen MR) is 93.7 cm³/mol. The molecule has 0 aliphatic carbocycles. The molecule has 1 heterocycles. The number of aliphatic hydroxyl groups excluding tert-OH is 1. The fraction of sp³-hybridized carbons (Fsp3) is 0.400. The first-order chi connectivity index (χ1) is 12.1. The third-order valence-electron chi connectivity index (χ3n) is 4.98. The van der Waals surface area contributed by atoms with E-state index in [2.05, 4.69) is 4.90 Å². The second kappa shape index (κ2) is 7.52.